The van der Waals surface area contributed by atoms with Crippen molar-refractivity contribution in [3.63, 3.8) is 0 Å². The first-order chi connectivity index (χ1) is 9.86. The fraction of sp³-hybridized carbons (Fsp3) is 0.308. The number of benzene rings is 1. The lowest BCUT2D eigenvalue weighted by molar-refractivity contribution is -0.126. The molecule has 0 saturated carbocycles. The number of nitrogens with one attached hydrogen (secondary N) is 2. The van der Waals surface area contributed by atoms with E-state index in [0.29, 0.717) is 6.54 Å². The third-order valence-electron chi connectivity index (χ3n) is 2.44. The molecule has 0 aliphatic rings. The molecule has 1 aromatic rings. The molecule has 1 unspecified atom stereocenters. The van der Waals surface area contributed by atoms with Gasteiger partial charge in [0.15, 0.2) is 6.10 Å². The molecule has 0 aliphatic carbocycles. The van der Waals surface area contributed by atoms with Gasteiger partial charge >= 0.3 is 12.0 Å². The molecule has 1 atom stereocenters. The lowest BCUT2D eigenvalue weighted by Gasteiger charge is -2.16. The number of hydrogen-bond donors (Lipinski definition) is 3. The van der Waals surface area contributed by atoms with Gasteiger partial charge in [0.2, 0.25) is 0 Å². The van der Waals surface area contributed by atoms with Gasteiger partial charge in [0.25, 0.3) is 5.91 Å². The predicted molar refractivity (Wildman–Crippen MR) is 75.7 cm³/mol. The van der Waals surface area contributed by atoms with Crippen LogP contribution in [0.15, 0.2) is 18.2 Å². The van der Waals surface area contributed by atoms with E-state index in [4.69, 9.17) is 21.4 Å². The zero-order chi connectivity index (χ0) is 16.0. The highest BCUT2D eigenvalue weighted by atomic mass is 35.5. The molecule has 3 N–H and O–H groups in total. The van der Waals surface area contributed by atoms with Crippen molar-refractivity contribution in [2.45, 2.75) is 20.0 Å². The van der Waals surface area contributed by atoms with E-state index in [-0.39, 0.29) is 16.3 Å². The van der Waals surface area contributed by atoms with Crippen LogP contribution in [-0.2, 0) is 4.79 Å². The Morgan fingerprint density at radius 1 is 1.38 bits per heavy atom. The van der Waals surface area contributed by atoms with Gasteiger partial charge in [-0.05, 0) is 26.0 Å². The maximum atomic E-state index is 11.7. The molecule has 21 heavy (non-hydrogen) atoms. The Balaban J connectivity index is 2.82. The Morgan fingerprint density at radius 2 is 2.05 bits per heavy atom. The number of carboxylic acid groups (broad SMARTS) is 1. The van der Waals surface area contributed by atoms with Crippen LogP contribution in [0.1, 0.15) is 24.2 Å². The fourth-order valence-electron chi connectivity index (χ4n) is 1.47. The molecule has 0 heterocycles. The number of hydrogen-bond acceptors (Lipinski definition) is 4. The minimum atomic E-state index is -1.27. The van der Waals surface area contributed by atoms with E-state index in [1.807, 2.05) is 0 Å². The highest BCUT2D eigenvalue weighted by Crippen LogP contribution is 2.27. The smallest absolute Gasteiger partial charge is 0.341 e. The van der Waals surface area contributed by atoms with Crippen LogP contribution in [0.4, 0.5) is 4.79 Å². The molecule has 0 aliphatic heterocycles. The van der Waals surface area contributed by atoms with Crippen molar-refractivity contribution in [2.75, 3.05) is 6.54 Å². The standard InChI is InChI=1S/C13H15ClN2O5/c1-3-15-13(20)16-11(17)7(2)21-9-6-4-5-8(14)10(9)12(18)19/h4-7H,3H2,1-2H3,(H,18,19)(H2,15,16,17,20). The van der Waals surface area contributed by atoms with Crippen LogP contribution >= 0.6 is 11.6 Å². The number of halogens is 1. The summed E-state index contributed by atoms with van der Waals surface area (Å²) >= 11 is 5.79. The van der Waals surface area contributed by atoms with Crippen LogP contribution < -0.4 is 15.4 Å². The summed E-state index contributed by atoms with van der Waals surface area (Å²) in [6.45, 7) is 3.46. The molecule has 0 radical (unpaired) electrons. The van der Waals surface area contributed by atoms with E-state index >= 15 is 0 Å². The normalized spacial score (nSPS) is 11.4. The van der Waals surface area contributed by atoms with Gasteiger partial charge in [-0.3, -0.25) is 10.1 Å². The van der Waals surface area contributed by atoms with E-state index in [2.05, 4.69) is 10.6 Å². The van der Waals surface area contributed by atoms with Gasteiger partial charge < -0.3 is 15.2 Å². The summed E-state index contributed by atoms with van der Waals surface area (Å²) in [5, 5.41) is 13.5. The largest absolute Gasteiger partial charge is 0.480 e. The Hall–Kier alpha value is -2.28. The maximum absolute atomic E-state index is 11.7. The van der Waals surface area contributed by atoms with Crippen LogP contribution in [0, 0.1) is 0 Å². The van der Waals surface area contributed by atoms with Crippen molar-refractivity contribution in [1.29, 1.82) is 0 Å². The van der Waals surface area contributed by atoms with Crippen molar-refractivity contribution < 1.29 is 24.2 Å². The average Bonchev–Trinajstić information content (AvgIpc) is 2.38. The van der Waals surface area contributed by atoms with E-state index in [1.165, 1.54) is 25.1 Å². The molecule has 0 spiro atoms. The summed E-state index contributed by atoms with van der Waals surface area (Å²) in [5.41, 5.74) is -0.239. The first-order valence-corrected chi connectivity index (χ1v) is 6.51. The molecule has 1 aromatic carbocycles. The molecule has 7 nitrogen and oxygen atoms in total. The quantitative estimate of drug-likeness (QED) is 0.766. The second-order valence-corrected chi connectivity index (χ2v) is 4.43. The first kappa shape index (κ1) is 16.8. The lowest BCUT2D eigenvalue weighted by Crippen LogP contribution is -2.45. The van der Waals surface area contributed by atoms with Crippen LogP contribution in [0.3, 0.4) is 0 Å². The summed E-state index contributed by atoms with van der Waals surface area (Å²) in [4.78, 5) is 34.1. The van der Waals surface area contributed by atoms with Crippen molar-refractivity contribution in [3.8, 4) is 5.75 Å². The number of carbonyl (C=O) groups is 3. The number of imide groups is 1. The van der Waals surface area contributed by atoms with E-state index in [0.717, 1.165) is 0 Å². The number of aromatic carboxylic acids is 1. The minimum absolute atomic E-state index is 0.00339. The van der Waals surface area contributed by atoms with Crippen LogP contribution in [-0.4, -0.2) is 35.7 Å². The highest BCUT2D eigenvalue weighted by molar-refractivity contribution is 6.33. The first-order valence-electron chi connectivity index (χ1n) is 6.14. The second kappa shape index (κ2) is 7.49. The van der Waals surface area contributed by atoms with E-state index in [1.54, 1.807) is 6.92 Å². The summed E-state index contributed by atoms with van der Waals surface area (Å²) in [6, 6.07) is 3.63. The molecular weight excluding hydrogens is 300 g/mol. The lowest BCUT2D eigenvalue weighted by atomic mass is 10.2. The molecule has 8 heteroatoms. The molecule has 3 amide bonds. The monoisotopic (exact) mass is 314 g/mol. The average molecular weight is 315 g/mol. The van der Waals surface area contributed by atoms with E-state index in [9.17, 15) is 14.4 Å². The Morgan fingerprint density at radius 3 is 2.62 bits per heavy atom. The predicted octanol–water partition coefficient (Wildman–Crippen LogP) is 1.65. The molecule has 114 valence electrons. The number of carbonyl (C=O) groups excluding carboxylic acids is 2. The topological polar surface area (TPSA) is 105 Å². The minimum Gasteiger partial charge on any atom is -0.480 e. The second-order valence-electron chi connectivity index (χ2n) is 4.03. The summed E-state index contributed by atoms with van der Waals surface area (Å²) in [7, 11) is 0. The third-order valence-corrected chi connectivity index (χ3v) is 2.75. The van der Waals surface area contributed by atoms with Gasteiger partial charge in [-0.15, -0.1) is 0 Å². The third kappa shape index (κ3) is 4.64. The van der Waals surface area contributed by atoms with E-state index < -0.39 is 24.0 Å². The van der Waals surface area contributed by atoms with Gasteiger partial charge in [0.05, 0.1) is 5.02 Å². The molecule has 0 aromatic heterocycles. The van der Waals surface area contributed by atoms with Crippen LogP contribution in [0.2, 0.25) is 5.02 Å². The summed E-state index contributed by atoms with van der Waals surface area (Å²) < 4.78 is 5.27. The van der Waals surface area contributed by atoms with Gasteiger partial charge in [0, 0.05) is 6.54 Å². The molecule has 0 saturated heterocycles. The molecule has 0 fully saturated rings. The number of rotatable bonds is 5. The van der Waals surface area contributed by atoms with Crippen molar-refractivity contribution in [1.82, 2.24) is 10.6 Å². The molecule has 1 rings (SSSR count). The van der Waals surface area contributed by atoms with Gasteiger partial charge in [-0.1, -0.05) is 17.7 Å². The summed E-state index contributed by atoms with van der Waals surface area (Å²) in [6.07, 6.45) is -1.07. The number of ether oxygens (including phenoxy) is 1. The SMILES string of the molecule is CCNC(=O)NC(=O)C(C)Oc1cccc(Cl)c1C(=O)O. The maximum Gasteiger partial charge on any atom is 0.341 e. The zero-order valence-electron chi connectivity index (χ0n) is 11.5. The summed E-state index contributed by atoms with van der Waals surface area (Å²) in [5.74, 6) is -2.02. The Bertz CT molecular complexity index is 561. The van der Waals surface area contributed by atoms with Crippen molar-refractivity contribution >= 4 is 29.5 Å². The van der Waals surface area contributed by atoms with Gasteiger partial charge in [-0.25, -0.2) is 9.59 Å². The van der Waals surface area contributed by atoms with Crippen LogP contribution in [0.25, 0.3) is 0 Å². The highest BCUT2D eigenvalue weighted by Gasteiger charge is 2.21. The van der Waals surface area contributed by atoms with Crippen molar-refractivity contribution in [2.24, 2.45) is 0 Å². The molecular formula is C13H15ClN2O5. The van der Waals surface area contributed by atoms with Gasteiger partial charge in [0.1, 0.15) is 11.3 Å². The number of amides is 3. The molecule has 0 bridgehead atoms. The fourth-order valence-corrected chi connectivity index (χ4v) is 1.72. The van der Waals surface area contributed by atoms with Crippen molar-refractivity contribution in [3.05, 3.63) is 28.8 Å². The van der Waals surface area contributed by atoms with Crippen LogP contribution in [0.5, 0.6) is 5.75 Å². The number of carboxylic acids is 1. The Kier molecular flexibility index (Phi) is 5.98. The number of urea groups is 1. The Labute approximate surface area is 126 Å². The zero-order valence-corrected chi connectivity index (χ0v) is 12.2. The van der Waals surface area contributed by atoms with Gasteiger partial charge in [-0.2, -0.15) is 0 Å².